The molecular formula is C18H29BO2. The highest BCUT2D eigenvalue weighted by atomic mass is 16.5. The lowest BCUT2D eigenvalue weighted by atomic mass is 9.43. The molecule has 0 radical (unpaired) electrons. The van der Waals surface area contributed by atoms with Crippen molar-refractivity contribution in [1.82, 2.24) is 0 Å². The molecule has 1 aromatic rings. The molecule has 0 fully saturated rings. The predicted octanol–water partition coefficient (Wildman–Crippen LogP) is 5.49. The Labute approximate surface area is 130 Å². The van der Waals surface area contributed by atoms with Crippen LogP contribution in [-0.4, -0.2) is 12.6 Å². The van der Waals surface area contributed by atoms with Crippen LogP contribution in [0.1, 0.15) is 46.1 Å². The molecule has 0 aliphatic carbocycles. The van der Waals surface area contributed by atoms with Crippen LogP contribution in [0.25, 0.3) is 0 Å². The van der Waals surface area contributed by atoms with E-state index < -0.39 is 0 Å². The summed E-state index contributed by atoms with van der Waals surface area (Å²) in [7, 11) is 0. The molecule has 0 heterocycles. The Morgan fingerprint density at radius 3 is 2.00 bits per heavy atom. The molecule has 116 valence electrons. The molecule has 0 aliphatic heterocycles. The molecule has 0 bridgehead atoms. The minimum Gasteiger partial charge on any atom is -0.469 e. The Hall–Kier alpha value is -1.25. The molecule has 0 aromatic heterocycles. The van der Waals surface area contributed by atoms with Crippen molar-refractivity contribution in [2.24, 2.45) is 11.8 Å². The van der Waals surface area contributed by atoms with Crippen LogP contribution in [-0.2, 0) is 11.3 Å². The highest BCUT2D eigenvalue weighted by molar-refractivity contribution is 6.88. The Balaban J connectivity index is 2.48. The van der Waals surface area contributed by atoms with Gasteiger partial charge in [0.15, 0.2) is 0 Å². The fraction of sp³-hybridized carbons (Fsp3) is 0.611. The number of ether oxygens (including phenoxy) is 1. The average Bonchev–Trinajstić information content (AvgIpc) is 2.45. The molecule has 0 saturated heterocycles. The van der Waals surface area contributed by atoms with Gasteiger partial charge in [-0.2, -0.15) is 0 Å². The first-order valence-corrected chi connectivity index (χ1v) is 8.19. The first kappa shape index (κ1) is 17.8. The molecule has 0 aliphatic rings. The average molecular weight is 288 g/mol. The van der Waals surface area contributed by atoms with Crippen LogP contribution in [0.2, 0.25) is 12.6 Å². The Kier molecular flexibility index (Phi) is 8.18. The fourth-order valence-corrected chi connectivity index (χ4v) is 2.30. The van der Waals surface area contributed by atoms with E-state index in [-0.39, 0.29) is 12.6 Å². The summed E-state index contributed by atoms with van der Waals surface area (Å²) in [6.45, 7) is 9.26. The minimum atomic E-state index is -0.0276. The van der Waals surface area contributed by atoms with Crippen LogP contribution in [0.4, 0.5) is 4.79 Å². The van der Waals surface area contributed by atoms with Crippen molar-refractivity contribution in [3.05, 3.63) is 35.9 Å². The zero-order chi connectivity index (χ0) is 15.7. The number of rotatable bonds is 9. The van der Waals surface area contributed by atoms with Gasteiger partial charge in [0, 0.05) is 0 Å². The maximum atomic E-state index is 12.3. The first-order valence-electron chi connectivity index (χ1n) is 8.19. The van der Waals surface area contributed by atoms with E-state index in [9.17, 15) is 4.79 Å². The minimum absolute atomic E-state index is 0.0276. The molecule has 2 nitrogen and oxygen atoms in total. The maximum absolute atomic E-state index is 12.3. The third-order valence-electron chi connectivity index (χ3n) is 3.74. The van der Waals surface area contributed by atoms with Gasteiger partial charge in [0.2, 0.25) is 0 Å². The van der Waals surface area contributed by atoms with Crippen LogP contribution in [0.5, 0.6) is 0 Å². The second-order valence-corrected chi connectivity index (χ2v) is 6.73. The summed E-state index contributed by atoms with van der Waals surface area (Å²) >= 11 is 0. The van der Waals surface area contributed by atoms with E-state index in [0.29, 0.717) is 18.4 Å². The number of hydrogen-bond donors (Lipinski definition) is 0. The smallest absolute Gasteiger partial charge is 0.278 e. The van der Waals surface area contributed by atoms with Crippen LogP contribution >= 0.6 is 0 Å². The van der Waals surface area contributed by atoms with E-state index in [2.05, 4.69) is 27.7 Å². The summed E-state index contributed by atoms with van der Waals surface area (Å²) in [5, 5.41) is 0. The van der Waals surface area contributed by atoms with Gasteiger partial charge in [0.05, 0.1) is 0 Å². The highest BCUT2D eigenvalue weighted by Crippen LogP contribution is 2.17. The number of carbonyl (C=O) groups is 1. The molecule has 0 saturated carbocycles. The van der Waals surface area contributed by atoms with Crippen LogP contribution in [0, 0.1) is 11.8 Å². The summed E-state index contributed by atoms with van der Waals surface area (Å²) < 4.78 is 5.52. The summed E-state index contributed by atoms with van der Waals surface area (Å²) in [5.74, 6) is 1.24. The molecule has 21 heavy (non-hydrogen) atoms. The van der Waals surface area contributed by atoms with Gasteiger partial charge in [-0.1, -0.05) is 83.5 Å². The van der Waals surface area contributed by atoms with Crippen LogP contribution < -0.4 is 0 Å². The SMILES string of the molecule is CC(C)CCB(CCC(C)C)C(=O)OCc1ccccc1. The van der Waals surface area contributed by atoms with Gasteiger partial charge in [-0.15, -0.1) is 0 Å². The molecule has 3 heteroatoms. The summed E-state index contributed by atoms with van der Waals surface area (Å²) in [4.78, 5) is 12.3. The quantitative estimate of drug-likeness (QED) is 0.561. The van der Waals surface area contributed by atoms with E-state index in [4.69, 9.17) is 4.74 Å². The Morgan fingerprint density at radius 1 is 1.00 bits per heavy atom. The standard InChI is InChI=1S/C18H29BO2/c1-15(2)10-12-19(13-11-16(3)4)18(20)21-14-17-8-6-5-7-9-17/h5-9,15-16H,10-14H2,1-4H3. The normalized spacial score (nSPS) is 11.0. The Morgan fingerprint density at radius 2 is 1.52 bits per heavy atom. The van der Waals surface area contributed by atoms with E-state index in [0.717, 1.165) is 31.0 Å². The third kappa shape index (κ3) is 7.94. The number of hydrogen-bond acceptors (Lipinski definition) is 2. The molecule has 0 spiro atoms. The Bertz CT molecular complexity index is 389. The summed E-state index contributed by atoms with van der Waals surface area (Å²) in [6, 6.07) is 9.89. The topological polar surface area (TPSA) is 26.3 Å². The molecule has 0 atom stereocenters. The van der Waals surface area contributed by atoms with Crippen molar-refractivity contribution in [1.29, 1.82) is 0 Å². The van der Waals surface area contributed by atoms with Gasteiger partial charge in [-0.05, 0) is 17.4 Å². The van der Waals surface area contributed by atoms with Gasteiger partial charge in [0.1, 0.15) is 6.61 Å². The zero-order valence-electron chi connectivity index (χ0n) is 14.0. The number of benzene rings is 1. The van der Waals surface area contributed by atoms with Crippen molar-refractivity contribution in [2.45, 2.75) is 59.8 Å². The first-order chi connectivity index (χ1) is 9.99. The van der Waals surface area contributed by atoms with E-state index >= 15 is 0 Å². The molecule has 1 aromatic carbocycles. The fourth-order valence-electron chi connectivity index (χ4n) is 2.30. The van der Waals surface area contributed by atoms with E-state index in [1.807, 2.05) is 30.3 Å². The molecule has 0 N–H and O–H groups in total. The predicted molar refractivity (Wildman–Crippen MR) is 90.9 cm³/mol. The monoisotopic (exact) mass is 288 g/mol. The lowest BCUT2D eigenvalue weighted by molar-refractivity contribution is 0.164. The van der Waals surface area contributed by atoms with Gasteiger partial charge >= 0.3 is 0 Å². The lowest BCUT2D eigenvalue weighted by Crippen LogP contribution is -2.27. The second kappa shape index (κ2) is 9.65. The van der Waals surface area contributed by atoms with Crippen LogP contribution in [0.3, 0.4) is 0 Å². The molecule has 1 rings (SSSR count). The number of carbonyl (C=O) groups excluding carboxylic acids is 1. The third-order valence-corrected chi connectivity index (χ3v) is 3.74. The molecular weight excluding hydrogens is 259 g/mol. The lowest BCUT2D eigenvalue weighted by Gasteiger charge is -2.15. The summed E-state index contributed by atoms with van der Waals surface area (Å²) in [6.07, 6.45) is 4.06. The molecule has 0 amide bonds. The zero-order valence-corrected chi connectivity index (χ0v) is 14.0. The van der Waals surface area contributed by atoms with Gasteiger partial charge in [-0.3, -0.25) is 4.79 Å². The van der Waals surface area contributed by atoms with Crippen LogP contribution in [0.15, 0.2) is 30.3 Å². The van der Waals surface area contributed by atoms with Gasteiger partial charge in [0.25, 0.3) is 12.6 Å². The largest absolute Gasteiger partial charge is 0.469 e. The van der Waals surface area contributed by atoms with Crippen molar-refractivity contribution in [2.75, 3.05) is 0 Å². The van der Waals surface area contributed by atoms with Crippen molar-refractivity contribution < 1.29 is 9.53 Å². The molecule has 0 unspecified atom stereocenters. The van der Waals surface area contributed by atoms with Gasteiger partial charge in [-0.25, -0.2) is 0 Å². The highest BCUT2D eigenvalue weighted by Gasteiger charge is 2.25. The second-order valence-electron chi connectivity index (χ2n) is 6.73. The van der Waals surface area contributed by atoms with Gasteiger partial charge < -0.3 is 4.74 Å². The van der Waals surface area contributed by atoms with Crippen molar-refractivity contribution in [3.63, 3.8) is 0 Å². The summed E-state index contributed by atoms with van der Waals surface area (Å²) in [5.41, 5.74) is 1.05. The van der Waals surface area contributed by atoms with E-state index in [1.54, 1.807) is 0 Å². The maximum Gasteiger partial charge on any atom is 0.278 e. The van der Waals surface area contributed by atoms with Crippen molar-refractivity contribution in [3.8, 4) is 0 Å². The van der Waals surface area contributed by atoms with E-state index in [1.165, 1.54) is 0 Å². The van der Waals surface area contributed by atoms with Crippen molar-refractivity contribution >= 4 is 12.6 Å².